The van der Waals surface area contributed by atoms with Crippen molar-refractivity contribution in [2.45, 2.75) is 60.0 Å². The first-order valence-electron chi connectivity index (χ1n) is 5.95. The highest BCUT2D eigenvalue weighted by Crippen LogP contribution is 2.22. The normalized spacial score (nSPS) is 21.6. The summed E-state index contributed by atoms with van der Waals surface area (Å²) in [4.78, 5) is 5.76. The van der Waals surface area contributed by atoms with Gasteiger partial charge in [0, 0.05) is 13.1 Å². The Labute approximate surface area is 95.1 Å². The Balaban J connectivity index is 0. The molecular weight excluding hydrogens is 190 g/mol. The second-order valence-corrected chi connectivity index (χ2v) is 4.65. The van der Waals surface area contributed by atoms with Crippen LogP contribution in [0.3, 0.4) is 0 Å². The first-order chi connectivity index (χ1) is 6.51. The van der Waals surface area contributed by atoms with Crippen molar-refractivity contribution < 1.29 is 10.3 Å². The highest BCUT2D eigenvalue weighted by Gasteiger charge is 2.25. The van der Waals surface area contributed by atoms with Crippen LogP contribution in [0.1, 0.15) is 54.4 Å². The molecule has 0 saturated carbocycles. The van der Waals surface area contributed by atoms with Crippen LogP contribution in [0, 0.1) is 5.92 Å². The molecule has 0 bridgehead atoms. The Morgan fingerprint density at radius 1 is 1.27 bits per heavy atom. The minimum atomic E-state index is -0.0252. The van der Waals surface area contributed by atoms with Crippen molar-refractivity contribution in [2.24, 2.45) is 5.92 Å². The molecule has 3 heteroatoms. The van der Waals surface area contributed by atoms with E-state index in [9.17, 15) is 0 Å². The second-order valence-electron chi connectivity index (χ2n) is 4.65. The van der Waals surface area contributed by atoms with Gasteiger partial charge in [0.05, 0.1) is 5.60 Å². The SMILES string of the molecule is CC.CCC1CCN(OC(C)(C)C)C1.O. The first kappa shape index (κ1) is 17.3. The molecule has 1 atom stereocenters. The fourth-order valence-corrected chi connectivity index (χ4v) is 1.60. The fourth-order valence-electron chi connectivity index (χ4n) is 1.60. The summed E-state index contributed by atoms with van der Waals surface area (Å²) in [5.74, 6) is 0.854. The van der Waals surface area contributed by atoms with Gasteiger partial charge in [0.25, 0.3) is 0 Å². The number of hydrogen-bond acceptors (Lipinski definition) is 2. The summed E-state index contributed by atoms with van der Waals surface area (Å²) in [7, 11) is 0. The van der Waals surface area contributed by atoms with E-state index in [0.717, 1.165) is 19.0 Å². The van der Waals surface area contributed by atoms with E-state index < -0.39 is 0 Å². The molecule has 0 aromatic carbocycles. The molecule has 0 spiro atoms. The van der Waals surface area contributed by atoms with Crippen molar-refractivity contribution >= 4 is 0 Å². The molecule has 2 N–H and O–H groups in total. The number of hydrogen-bond donors (Lipinski definition) is 0. The maximum Gasteiger partial charge on any atom is 0.0815 e. The van der Waals surface area contributed by atoms with Gasteiger partial charge < -0.3 is 5.48 Å². The molecular formula is C12H29NO2. The summed E-state index contributed by atoms with van der Waals surface area (Å²) in [6.45, 7) is 14.8. The quantitative estimate of drug-likeness (QED) is 0.716. The van der Waals surface area contributed by atoms with Crippen molar-refractivity contribution in [1.29, 1.82) is 0 Å². The van der Waals surface area contributed by atoms with E-state index in [-0.39, 0.29) is 11.1 Å². The largest absolute Gasteiger partial charge is 0.412 e. The highest BCUT2D eigenvalue weighted by atomic mass is 16.7. The summed E-state index contributed by atoms with van der Waals surface area (Å²) in [6, 6.07) is 0. The Bertz CT molecular complexity index is 143. The van der Waals surface area contributed by atoms with E-state index in [1.807, 2.05) is 13.8 Å². The molecule has 1 heterocycles. The zero-order valence-electron chi connectivity index (χ0n) is 11.3. The summed E-state index contributed by atoms with van der Waals surface area (Å²) < 4.78 is 0. The van der Waals surface area contributed by atoms with Crippen molar-refractivity contribution in [2.75, 3.05) is 13.1 Å². The van der Waals surface area contributed by atoms with Crippen LogP contribution in [-0.4, -0.2) is 29.2 Å². The molecule has 0 radical (unpaired) electrons. The van der Waals surface area contributed by atoms with Crippen molar-refractivity contribution in [3.63, 3.8) is 0 Å². The third-order valence-electron chi connectivity index (χ3n) is 2.23. The molecule has 15 heavy (non-hydrogen) atoms. The van der Waals surface area contributed by atoms with Gasteiger partial charge in [-0.2, -0.15) is 5.06 Å². The zero-order valence-corrected chi connectivity index (χ0v) is 11.3. The number of nitrogens with zero attached hydrogens (tertiary/aromatic N) is 1. The molecule has 3 nitrogen and oxygen atoms in total. The summed E-state index contributed by atoms with van der Waals surface area (Å²) in [5, 5.41) is 2.12. The zero-order chi connectivity index (χ0) is 11.2. The van der Waals surface area contributed by atoms with Crippen LogP contribution in [0.15, 0.2) is 0 Å². The molecule has 1 unspecified atom stereocenters. The first-order valence-corrected chi connectivity index (χ1v) is 5.95. The lowest BCUT2D eigenvalue weighted by molar-refractivity contribution is -0.218. The van der Waals surface area contributed by atoms with Gasteiger partial charge in [-0.1, -0.05) is 27.2 Å². The van der Waals surface area contributed by atoms with Gasteiger partial charge in [-0.25, -0.2) is 0 Å². The minimum absolute atomic E-state index is 0. The molecule has 1 saturated heterocycles. The Morgan fingerprint density at radius 3 is 2.13 bits per heavy atom. The van der Waals surface area contributed by atoms with Crippen LogP contribution in [0.25, 0.3) is 0 Å². The maximum atomic E-state index is 5.76. The Morgan fingerprint density at radius 2 is 1.80 bits per heavy atom. The van der Waals surface area contributed by atoms with Gasteiger partial charge in [-0.05, 0) is 33.1 Å². The van der Waals surface area contributed by atoms with E-state index >= 15 is 0 Å². The lowest BCUT2D eigenvalue weighted by Gasteiger charge is -2.26. The van der Waals surface area contributed by atoms with Gasteiger partial charge in [0.15, 0.2) is 0 Å². The topological polar surface area (TPSA) is 44.0 Å². The van der Waals surface area contributed by atoms with Crippen molar-refractivity contribution in [3.05, 3.63) is 0 Å². The maximum absolute atomic E-state index is 5.76. The van der Waals surface area contributed by atoms with E-state index in [1.165, 1.54) is 12.8 Å². The van der Waals surface area contributed by atoms with Gasteiger partial charge in [0.2, 0.25) is 0 Å². The molecule has 0 aromatic rings. The van der Waals surface area contributed by atoms with Crippen LogP contribution in [0.4, 0.5) is 0 Å². The third kappa shape index (κ3) is 7.77. The lowest BCUT2D eigenvalue weighted by Crippen LogP contribution is -2.32. The fraction of sp³-hybridized carbons (Fsp3) is 1.00. The van der Waals surface area contributed by atoms with Crippen molar-refractivity contribution in [1.82, 2.24) is 5.06 Å². The van der Waals surface area contributed by atoms with Gasteiger partial charge in [-0.3, -0.25) is 4.84 Å². The predicted molar refractivity (Wildman–Crippen MR) is 65.8 cm³/mol. The average molecular weight is 219 g/mol. The molecule has 0 amide bonds. The van der Waals surface area contributed by atoms with E-state index in [4.69, 9.17) is 4.84 Å². The van der Waals surface area contributed by atoms with Crippen LogP contribution in [-0.2, 0) is 4.84 Å². The molecule has 1 rings (SSSR count). The van der Waals surface area contributed by atoms with Crippen LogP contribution in [0.5, 0.6) is 0 Å². The molecule has 1 aliphatic heterocycles. The molecule has 0 aromatic heterocycles. The summed E-state index contributed by atoms with van der Waals surface area (Å²) in [5.41, 5.74) is -0.0252. The Kier molecular flexibility index (Phi) is 9.31. The van der Waals surface area contributed by atoms with Gasteiger partial charge in [-0.15, -0.1) is 0 Å². The highest BCUT2D eigenvalue weighted by molar-refractivity contribution is 4.70. The summed E-state index contributed by atoms with van der Waals surface area (Å²) in [6.07, 6.45) is 2.58. The van der Waals surface area contributed by atoms with Gasteiger partial charge in [0.1, 0.15) is 0 Å². The lowest BCUT2D eigenvalue weighted by atomic mass is 10.1. The molecule has 0 aliphatic carbocycles. The third-order valence-corrected chi connectivity index (χ3v) is 2.23. The Hall–Kier alpha value is -0.120. The van der Waals surface area contributed by atoms with Crippen LogP contribution < -0.4 is 0 Å². The smallest absolute Gasteiger partial charge is 0.0815 e. The molecule has 1 aliphatic rings. The monoisotopic (exact) mass is 219 g/mol. The van der Waals surface area contributed by atoms with E-state index in [0.29, 0.717) is 0 Å². The second kappa shape index (κ2) is 8.08. The molecule has 94 valence electrons. The summed E-state index contributed by atoms with van der Waals surface area (Å²) >= 11 is 0. The van der Waals surface area contributed by atoms with Gasteiger partial charge >= 0.3 is 0 Å². The minimum Gasteiger partial charge on any atom is -0.412 e. The standard InChI is InChI=1S/C10H21NO.C2H6.H2O/c1-5-9-6-7-11(8-9)12-10(2,3)4;1-2;/h9H,5-8H2,1-4H3;1-2H3;1H2. The van der Waals surface area contributed by atoms with Crippen LogP contribution in [0.2, 0.25) is 0 Å². The molecule has 1 fully saturated rings. The number of hydroxylamine groups is 2. The predicted octanol–water partition coefficient (Wildman–Crippen LogP) is 2.65. The van der Waals surface area contributed by atoms with E-state index in [1.54, 1.807) is 0 Å². The van der Waals surface area contributed by atoms with Crippen LogP contribution >= 0.6 is 0 Å². The van der Waals surface area contributed by atoms with Crippen molar-refractivity contribution in [3.8, 4) is 0 Å². The number of rotatable bonds is 2. The average Bonchev–Trinajstić information content (AvgIpc) is 2.53. The van der Waals surface area contributed by atoms with E-state index in [2.05, 4.69) is 32.8 Å².